The summed E-state index contributed by atoms with van der Waals surface area (Å²) in [5.41, 5.74) is -0.0543. The minimum atomic E-state index is -5.02. The molecule has 0 saturated heterocycles. The van der Waals surface area contributed by atoms with Crippen LogP contribution in [0, 0.1) is 0 Å². The van der Waals surface area contributed by atoms with Crippen LogP contribution in [0.5, 0.6) is 11.5 Å². The molecule has 0 unspecified atom stereocenters. The first-order valence-electron chi connectivity index (χ1n) is 8.84. The van der Waals surface area contributed by atoms with Gasteiger partial charge in [0.15, 0.2) is 11.5 Å². The van der Waals surface area contributed by atoms with Crippen LogP contribution in [0.3, 0.4) is 0 Å². The van der Waals surface area contributed by atoms with Crippen molar-refractivity contribution in [1.82, 2.24) is 4.57 Å². The molecule has 0 atom stereocenters. The predicted octanol–water partition coefficient (Wildman–Crippen LogP) is 4.26. The fraction of sp³-hybridized carbons (Fsp3) is 0.238. The number of ether oxygens (including phenoxy) is 3. The minimum Gasteiger partial charge on any atom is -0.493 e. The maximum atomic E-state index is 13.0. The number of Topliss-reactive ketones (excluding diaryl/α,β-unsaturated/α-hetero) is 1. The van der Waals surface area contributed by atoms with Crippen molar-refractivity contribution in [3.63, 3.8) is 0 Å². The lowest BCUT2D eigenvalue weighted by atomic mass is 10.1. The number of rotatable bonds is 7. The number of esters is 1. The molecule has 30 heavy (non-hydrogen) atoms. The van der Waals surface area contributed by atoms with Gasteiger partial charge >= 0.3 is 12.1 Å². The van der Waals surface area contributed by atoms with Gasteiger partial charge in [0.25, 0.3) is 5.78 Å². The number of nitrogens with zero attached hydrogens (tertiary/aromatic N) is 1. The lowest BCUT2D eigenvalue weighted by Crippen LogP contribution is -2.22. The number of carbonyl (C=O) groups excluding carboxylic acids is 2. The van der Waals surface area contributed by atoms with E-state index in [1.807, 2.05) is 0 Å². The summed E-state index contributed by atoms with van der Waals surface area (Å²) in [6.07, 6.45) is -3.90. The van der Waals surface area contributed by atoms with Crippen molar-refractivity contribution >= 4 is 22.7 Å². The zero-order valence-corrected chi connectivity index (χ0v) is 16.2. The van der Waals surface area contributed by atoms with Crippen LogP contribution in [-0.4, -0.2) is 43.3 Å². The van der Waals surface area contributed by atoms with Crippen LogP contribution in [-0.2, 0) is 11.3 Å². The maximum absolute atomic E-state index is 13.0. The number of methoxy groups -OCH3 is 2. The maximum Gasteiger partial charge on any atom is 0.454 e. The van der Waals surface area contributed by atoms with E-state index in [9.17, 15) is 22.8 Å². The average molecular weight is 421 g/mol. The standard InChI is InChI=1S/C21H18F3NO5/c1-28-17-5-3-4-6-18(17)30-10-9-25-12-15(19(26)21(22,23)24)14-8-7-13(11-16(14)25)20(27)29-2/h3-8,11-12H,9-10H2,1-2H3. The van der Waals surface area contributed by atoms with Crippen molar-refractivity contribution in [3.8, 4) is 11.5 Å². The van der Waals surface area contributed by atoms with E-state index >= 15 is 0 Å². The molecule has 2 aromatic carbocycles. The van der Waals surface area contributed by atoms with Gasteiger partial charge in [-0.15, -0.1) is 0 Å². The molecular weight excluding hydrogens is 403 g/mol. The lowest BCUT2D eigenvalue weighted by Gasteiger charge is -2.11. The Morgan fingerprint density at radius 3 is 2.37 bits per heavy atom. The van der Waals surface area contributed by atoms with Gasteiger partial charge in [-0.3, -0.25) is 4.79 Å². The van der Waals surface area contributed by atoms with Crippen molar-refractivity contribution < 1.29 is 37.0 Å². The Kier molecular flexibility index (Phi) is 6.00. The number of para-hydroxylation sites is 2. The zero-order chi connectivity index (χ0) is 21.9. The topological polar surface area (TPSA) is 66.8 Å². The first kappa shape index (κ1) is 21.2. The third-order valence-corrected chi connectivity index (χ3v) is 4.46. The van der Waals surface area contributed by atoms with Gasteiger partial charge in [0.1, 0.15) is 6.61 Å². The summed E-state index contributed by atoms with van der Waals surface area (Å²) >= 11 is 0. The van der Waals surface area contributed by atoms with E-state index in [0.717, 1.165) is 6.20 Å². The highest BCUT2D eigenvalue weighted by atomic mass is 19.4. The Hall–Kier alpha value is -3.49. The second-order valence-electron chi connectivity index (χ2n) is 6.29. The third-order valence-electron chi connectivity index (χ3n) is 4.46. The van der Waals surface area contributed by atoms with Crippen LogP contribution in [0.25, 0.3) is 10.9 Å². The Morgan fingerprint density at radius 1 is 1.03 bits per heavy atom. The Morgan fingerprint density at radius 2 is 1.73 bits per heavy atom. The molecule has 0 aliphatic rings. The summed E-state index contributed by atoms with van der Waals surface area (Å²) in [5.74, 6) is -1.62. The molecule has 0 N–H and O–H groups in total. The van der Waals surface area contributed by atoms with Crippen LogP contribution in [0.1, 0.15) is 20.7 Å². The molecule has 0 spiro atoms. The number of carbonyl (C=O) groups is 2. The highest BCUT2D eigenvalue weighted by molar-refractivity contribution is 6.11. The Balaban J connectivity index is 1.95. The Bertz CT molecular complexity index is 1090. The number of benzene rings is 2. The van der Waals surface area contributed by atoms with Gasteiger partial charge in [-0.1, -0.05) is 18.2 Å². The van der Waals surface area contributed by atoms with E-state index in [1.54, 1.807) is 24.3 Å². The van der Waals surface area contributed by atoms with Crippen LogP contribution >= 0.6 is 0 Å². The zero-order valence-electron chi connectivity index (χ0n) is 16.2. The molecule has 6 nitrogen and oxygen atoms in total. The first-order chi connectivity index (χ1) is 14.3. The molecule has 0 saturated carbocycles. The third kappa shape index (κ3) is 4.24. The smallest absolute Gasteiger partial charge is 0.454 e. The number of hydrogen-bond donors (Lipinski definition) is 0. The number of aromatic nitrogens is 1. The van der Waals surface area contributed by atoms with Gasteiger partial charge in [-0.25, -0.2) is 4.79 Å². The SMILES string of the molecule is COC(=O)c1ccc2c(C(=O)C(F)(F)F)cn(CCOc3ccccc3OC)c2c1. The van der Waals surface area contributed by atoms with Crippen LogP contribution < -0.4 is 9.47 Å². The summed E-state index contributed by atoms with van der Waals surface area (Å²) in [7, 11) is 2.69. The highest BCUT2D eigenvalue weighted by Gasteiger charge is 2.40. The normalized spacial score (nSPS) is 11.4. The van der Waals surface area contributed by atoms with Gasteiger partial charge < -0.3 is 18.8 Å². The van der Waals surface area contributed by atoms with E-state index in [4.69, 9.17) is 9.47 Å². The van der Waals surface area contributed by atoms with Gasteiger partial charge in [-0.05, 0) is 24.3 Å². The summed E-state index contributed by atoms with van der Waals surface area (Å²) in [5, 5.41) is 0.0854. The number of halogens is 3. The fourth-order valence-electron chi connectivity index (χ4n) is 3.05. The molecule has 0 amide bonds. The average Bonchev–Trinajstić information content (AvgIpc) is 3.10. The molecular formula is C21H18F3NO5. The van der Waals surface area contributed by atoms with E-state index in [0.29, 0.717) is 11.5 Å². The summed E-state index contributed by atoms with van der Waals surface area (Å²) in [4.78, 5) is 23.7. The largest absolute Gasteiger partial charge is 0.493 e. The molecule has 3 aromatic rings. The van der Waals surface area contributed by atoms with Crippen molar-refractivity contribution in [2.75, 3.05) is 20.8 Å². The number of alkyl halides is 3. The highest BCUT2D eigenvalue weighted by Crippen LogP contribution is 2.30. The lowest BCUT2D eigenvalue weighted by molar-refractivity contribution is -0.0884. The second kappa shape index (κ2) is 8.48. The summed E-state index contributed by atoms with van der Waals surface area (Å²) in [6, 6.07) is 10.9. The van der Waals surface area contributed by atoms with Gasteiger partial charge in [-0.2, -0.15) is 13.2 Å². The molecule has 3 rings (SSSR count). The molecule has 0 aliphatic heterocycles. The minimum absolute atomic E-state index is 0.0854. The molecule has 0 aliphatic carbocycles. The molecule has 0 radical (unpaired) electrons. The van der Waals surface area contributed by atoms with Crippen LogP contribution in [0.15, 0.2) is 48.7 Å². The van der Waals surface area contributed by atoms with Crippen LogP contribution in [0.4, 0.5) is 13.2 Å². The number of hydrogen-bond acceptors (Lipinski definition) is 5. The van der Waals surface area contributed by atoms with E-state index in [1.165, 1.54) is 37.0 Å². The Labute approximate surface area is 169 Å². The van der Waals surface area contributed by atoms with Crippen molar-refractivity contribution in [3.05, 3.63) is 59.8 Å². The monoisotopic (exact) mass is 421 g/mol. The van der Waals surface area contributed by atoms with Crippen LogP contribution in [0.2, 0.25) is 0 Å². The molecule has 0 fully saturated rings. The fourth-order valence-corrected chi connectivity index (χ4v) is 3.05. The summed E-state index contributed by atoms with van der Waals surface area (Å²) in [6.45, 7) is 0.219. The number of fused-ring (bicyclic) bond motifs is 1. The van der Waals surface area contributed by atoms with Gasteiger partial charge in [0.2, 0.25) is 0 Å². The quantitative estimate of drug-likeness (QED) is 0.421. The second-order valence-corrected chi connectivity index (χ2v) is 6.29. The molecule has 9 heteroatoms. The van der Waals surface area contributed by atoms with Gasteiger partial charge in [0.05, 0.1) is 31.9 Å². The molecule has 158 valence electrons. The van der Waals surface area contributed by atoms with E-state index < -0.39 is 23.5 Å². The summed E-state index contributed by atoms with van der Waals surface area (Å²) < 4.78 is 56.0. The van der Waals surface area contributed by atoms with Crippen molar-refractivity contribution in [1.29, 1.82) is 0 Å². The molecule has 0 bridgehead atoms. The van der Waals surface area contributed by atoms with Gasteiger partial charge in [0, 0.05) is 17.1 Å². The molecule has 1 aromatic heterocycles. The van der Waals surface area contributed by atoms with E-state index in [2.05, 4.69) is 4.74 Å². The molecule has 1 heterocycles. The van der Waals surface area contributed by atoms with E-state index in [-0.39, 0.29) is 29.6 Å². The predicted molar refractivity (Wildman–Crippen MR) is 102 cm³/mol. The number of ketones is 1. The van der Waals surface area contributed by atoms with Crippen molar-refractivity contribution in [2.45, 2.75) is 12.7 Å². The van der Waals surface area contributed by atoms with Crippen molar-refractivity contribution in [2.24, 2.45) is 0 Å². The first-order valence-corrected chi connectivity index (χ1v) is 8.84.